The number of amides is 4. The normalized spacial score (nSPS) is 22.1. The predicted octanol–water partition coefficient (Wildman–Crippen LogP) is 5.24. The summed E-state index contributed by atoms with van der Waals surface area (Å²) in [6.45, 7) is 3.86. The molecule has 2 saturated heterocycles. The number of nitrogens with one attached hydrogen (secondary N) is 3. The highest BCUT2D eigenvalue weighted by molar-refractivity contribution is 6.00. The van der Waals surface area contributed by atoms with E-state index in [0.29, 0.717) is 23.9 Å². The Labute approximate surface area is 288 Å². The number of benzene rings is 2. The Bertz CT molecular complexity index is 1520. The highest BCUT2D eigenvalue weighted by atomic mass is 19.1. The van der Waals surface area contributed by atoms with Gasteiger partial charge in [0.05, 0.1) is 6.54 Å². The molecule has 0 aromatic heterocycles. The number of carbonyl (C=O) groups is 4. The Kier molecular flexibility index (Phi) is 11.5. The lowest BCUT2D eigenvalue weighted by Gasteiger charge is -2.41. The molecule has 4 fully saturated rings. The fourth-order valence-electron chi connectivity index (χ4n) is 7.96. The molecule has 49 heavy (non-hydrogen) atoms. The molecule has 4 aliphatic rings. The van der Waals surface area contributed by atoms with Crippen LogP contribution >= 0.6 is 0 Å². The van der Waals surface area contributed by atoms with Crippen molar-refractivity contribution in [2.45, 2.75) is 95.6 Å². The summed E-state index contributed by atoms with van der Waals surface area (Å²) in [5.74, 6) is -0.519. The maximum atomic E-state index is 14.5. The molecule has 11 heteroatoms. The maximum absolute atomic E-state index is 14.5. The fourth-order valence-corrected chi connectivity index (χ4v) is 7.96. The van der Waals surface area contributed by atoms with E-state index in [-0.39, 0.29) is 54.7 Å². The van der Waals surface area contributed by atoms with E-state index in [4.69, 9.17) is 4.74 Å². The number of piperazine rings is 1. The SMILES string of the molecule is CC(=O)Nc1cc(F)cc(C(=O)N2CCN(C(=O)c3ccc(OC4CCNC4)c(C4CCCCC4)c3)C(C(=O)NCC3CCCCC3)C2)c1. The van der Waals surface area contributed by atoms with Gasteiger partial charge >= 0.3 is 0 Å². The first-order valence-corrected chi connectivity index (χ1v) is 18.2. The van der Waals surface area contributed by atoms with Crippen molar-refractivity contribution < 1.29 is 28.3 Å². The number of halogens is 1. The van der Waals surface area contributed by atoms with Crippen LogP contribution in [-0.2, 0) is 9.59 Å². The topological polar surface area (TPSA) is 120 Å². The van der Waals surface area contributed by atoms with Gasteiger partial charge in [-0.3, -0.25) is 19.2 Å². The third kappa shape index (κ3) is 8.79. The summed E-state index contributed by atoms with van der Waals surface area (Å²) in [5.41, 5.74) is 1.81. The molecule has 2 aromatic carbocycles. The second-order valence-electron chi connectivity index (χ2n) is 14.2. The summed E-state index contributed by atoms with van der Waals surface area (Å²) in [6, 6.07) is 8.49. The zero-order valence-corrected chi connectivity index (χ0v) is 28.6. The van der Waals surface area contributed by atoms with E-state index in [1.165, 1.54) is 30.7 Å². The number of hydrogen-bond acceptors (Lipinski definition) is 6. The van der Waals surface area contributed by atoms with Gasteiger partial charge in [0, 0.05) is 49.9 Å². The van der Waals surface area contributed by atoms with E-state index in [9.17, 15) is 23.6 Å². The number of rotatable bonds is 9. The van der Waals surface area contributed by atoms with Gasteiger partial charge in [0.25, 0.3) is 11.8 Å². The van der Waals surface area contributed by atoms with Crippen LogP contribution in [-0.4, -0.2) is 84.8 Å². The molecule has 4 amide bonds. The van der Waals surface area contributed by atoms with Gasteiger partial charge in [0.15, 0.2) is 0 Å². The highest BCUT2D eigenvalue weighted by Crippen LogP contribution is 2.39. The van der Waals surface area contributed by atoms with E-state index < -0.39 is 17.8 Å². The van der Waals surface area contributed by atoms with E-state index in [0.717, 1.165) is 94.3 Å². The molecule has 0 bridgehead atoms. The van der Waals surface area contributed by atoms with Crippen LogP contribution in [0.2, 0.25) is 0 Å². The van der Waals surface area contributed by atoms with Crippen molar-refractivity contribution >= 4 is 29.3 Å². The Morgan fingerprint density at radius 2 is 1.63 bits per heavy atom. The summed E-state index contributed by atoms with van der Waals surface area (Å²) in [5, 5.41) is 9.00. The minimum Gasteiger partial charge on any atom is -0.489 e. The Balaban J connectivity index is 1.25. The van der Waals surface area contributed by atoms with Gasteiger partial charge in [0.1, 0.15) is 23.7 Å². The number of carbonyl (C=O) groups excluding carboxylic acids is 4. The summed E-state index contributed by atoms with van der Waals surface area (Å²) in [4.78, 5) is 56.7. The molecule has 2 aromatic rings. The summed E-state index contributed by atoms with van der Waals surface area (Å²) < 4.78 is 21.0. The molecular weight excluding hydrogens is 625 g/mol. The van der Waals surface area contributed by atoms with Gasteiger partial charge < -0.3 is 30.5 Å². The van der Waals surface area contributed by atoms with Crippen molar-refractivity contribution in [3.8, 4) is 5.75 Å². The smallest absolute Gasteiger partial charge is 0.254 e. The molecule has 2 heterocycles. The summed E-state index contributed by atoms with van der Waals surface area (Å²) in [7, 11) is 0. The number of anilines is 1. The van der Waals surface area contributed by atoms with Gasteiger partial charge in [-0.1, -0.05) is 38.5 Å². The quantitative estimate of drug-likeness (QED) is 0.335. The van der Waals surface area contributed by atoms with Crippen LogP contribution in [0.15, 0.2) is 36.4 Å². The molecule has 3 N–H and O–H groups in total. The average molecular weight is 676 g/mol. The number of ether oxygens (including phenoxy) is 1. The van der Waals surface area contributed by atoms with Crippen LogP contribution in [0.4, 0.5) is 10.1 Å². The van der Waals surface area contributed by atoms with Crippen LogP contribution in [0.25, 0.3) is 0 Å². The lowest BCUT2D eigenvalue weighted by Crippen LogP contribution is -2.61. The van der Waals surface area contributed by atoms with Crippen molar-refractivity contribution in [3.05, 3.63) is 58.9 Å². The van der Waals surface area contributed by atoms with Gasteiger partial charge in [-0.15, -0.1) is 0 Å². The van der Waals surface area contributed by atoms with Crippen LogP contribution in [0, 0.1) is 11.7 Å². The first-order valence-electron chi connectivity index (χ1n) is 18.2. The molecule has 2 atom stereocenters. The van der Waals surface area contributed by atoms with Crippen molar-refractivity contribution in [2.24, 2.45) is 5.92 Å². The zero-order valence-electron chi connectivity index (χ0n) is 28.6. The second-order valence-corrected chi connectivity index (χ2v) is 14.2. The third-order valence-electron chi connectivity index (χ3n) is 10.6. The molecule has 2 aliphatic heterocycles. The molecule has 0 radical (unpaired) electrons. The van der Waals surface area contributed by atoms with Gasteiger partial charge in [-0.25, -0.2) is 4.39 Å². The van der Waals surface area contributed by atoms with E-state index in [2.05, 4.69) is 16.0 Å². The van der Waals surface area contributed by atoms with E-state index in [1.807, 2.05) is 12.1 Å². The molecule has 2 aliphatic carbocycles. The Morgan fingerprint density at radius 3 is 2.35 bits per heavy atom. The molecule has 0 spiro atoms. The second kappa shape index (κ2) is 16.1. The highest BCUT2D eigenvalue weighted by Gasteiger charge is 2.38. The third-order valence-corrected chi connectivity index (χ3v) is 10.6. The van der Waals surface area contributed by atoms with Crippen molar-refractivity contribution in [1.29, 1.82) is 0 Å². The van der Waals surface area contributed by atoms with Crippen LogP contribution in [0.3, 0.4) is 0 Å². The number of hydrogen-bond donors (Lipinski definition) is 3. The fraction of sp³-hybridized carbons (Fsp3) is 0.579. The Hall–Kier alpha value is -3.99. The first-order chi connectivity index (χ1) is 23.7. The van der Waals surface area contributed by atoms with E-state index >= 15 is 0 Å². The van der Waals surface area contributed by atoms with Gasteiger partial charge in [0.2, 0.25) is 11.8 Å². The summed E-state index contributed by atoms with van der Waals surface area (Å²) >= 11 is 0. The monoisotopic (exact) mass is 675 g/mol. The number of nitrogens with zero attached hydrogens (tertiary/aromatic N) is 2. The minimum atomic E-state index is -0.921. The summed E-state index contributed by atoms with van der Waals surface area (Å²) in [6.07, 6.45) is 12.2. The largest absolute Gasteiger partial charge is 0.489 e. The van der Waals surface area contributed by atoms with E-state index in [1.54, 1.807) is 11.0 Å². The Morgan fingerprint density at radius 1 is 0.878 bits per heavy atom. The molecule has 2 unspecified atom stereocenters. The van der Waals surface area contributed by atoms with Gasteiger partial charge in [-0.05, 0) is 92.4 Å². The standard InChI is InChI=1S/C38H50FN5O5/c1-25(45)42-31-19-29(18-30(39)21-31)37(47)43-16-17-44(34(24-43)36(46)41-22-26-8-4-2-5-9-26)38(48)28-12-13-35(49-32-14-15-40-23-32)33(20-28)27-10-6-3-7-11-27/h12-13,18-21,26-27,32,34,40H,2-11,14-17,22-24H2,1H3,(H,41,46)(H,42,45). The first kappa shape index (κ1) is 34.9. The van der Waals surface area contributed by atoms with Gasteiger partial charge in [-0.2, -0.15) is 0 Å². The van der Waals surface area contributed by atoms with Crippen LogP contribution in [0.1, 0.15) is 110 Å². The molecule has 10 nitrogen and oxygen atoms in total. The molecular formula is C38H50FN5O5. The predicted molar refractivity (Wildman–Crippen MR) is 185 cm³/mol. The molecule has 2 saturated carbocycles. The van der Waals surface area contributed by atoms with Crippen molar-refractivity contribution in [2.75, 3.05) is 44.6 Å². The average Bonchev–Trinajstić information content (AvgIpc) is 3.63. The minimum absolute atomic E-state index is 0.0294. The zero-order chi connectivity index (χ0) is 34.3. The lowest BCUT2D eigenvalue weighted by atomic mass is 9.83. The van der Waals surface area contributed by atoms with Crippen LogP contribution < -0.4 is 20.7 Å². The molecule has 6 rings (SSSR count). The van der Waals surface area contributed by atoms with Crippen LogP contribution in [0.5, 0.6) is 5.75 Å². The maximum Gasteiger partial charge on any atom is 0.254 e. The van der Waals surface area contributed by atoms with Crippen molar-refractivity contribution in [1.82, 2.24) is 20.4 Å². The van der Waals surface area contributed by atoms with Crippen molar-refractivity contribution in [3.63, 3.8) is 0 Å². The lowest BCUT2D eigenvalue weighted by molar-refractivity contribution is -0.127. The molecule has 264 valence electrons.